The van der Waals surface area contributed by atoms with Gasteiger partial charge in [-0.25, -0.2) is 8.42 Å². The van der Waals surface area contributed by atoms with Crippen LogP contribution in [-0.4, -0.2) is 34.7 Å². The number of rotatable bonds is 5. The van der Waals surface area contributed by atoms with Crippen LogP contribution in [0.3, 0.4) is 0 Å². The third kappa shape index (κ3) is 4.32. The van der Waals surface area contributed by atoms with Crippen LogP contribution in [0.5, 0.6) is 0 Å². The van der Waals surface area contributed by atoms with Crippen LogP contribution >= 0.6 is 0 Å². The van der Waals surface area contributed by atoms with Crippen molar-refractivity contribution in [1.82, 2.24) is 0 Å². The van der Waals surface area contributed by atoms with Crippen LogP contribution in [0.15, 0.2) is 53.4 Å². The minimum absolute atomic E-state index is 0.276. The van der Waals surface area contributed by atoms with Gasteiger partial charge in [0.05, 0.1) is 11.0 Å². The van der Waals surface area contributed by atoms with Crippen molar-refractivity contribution >= 4 is 21.4 Å². The second kappa shape index (κ2) is 7.45. The molecular weight excluding hydrogens is 336 g/mol. The van der Waals surface area contributed by atoms with E-state index in [-0.39, 0.29) is 4.90 Å². The van der Waals surface area contributed by atoms with Gasteiger partial charge in [0.25, 0.3) is 10.0 Å². The van der Waals surface area contributed by atoms with Crippen LogP contribution < -0.4 is 9.62 Å². The van der Waals surface area contributed by atoms with E-state index in [0.29, 0.717) is 11.8 Å². The highest BCUT2D eigenvalue weighted by Crippen LogP contribution is 2.24. The largest absolute Gasteiger partial charge is 0.381 e. The van der Waals surface area contributed by atoms with Crippen molar-refractivity contribution in [3.63, 3.8) is 0 Å². The van der Waals surface area contributed by atoms with Gasteiger partial charge < -0.3 is 9.64 Å². The summed E-state index contributed by atoms with van der Waals surface area (Å²) in [5.41, 5.74) is 2.59. The fourth-order valence-corrected chi connectivity index (χ4v) is 4.25. The number of benzene rings is 2. The van der Waals surface area contributed by atoms with Crippen molar-refractivity contribution in [2.45, 2.75) is 30.8 Å². The number of nitrogens with zero attached hydrogens (tertiary/aromatic N) is 1. The molecule has 0 amide bonds. The maximum atomic E-state index is 12.5. The van der Waals surface area contributed by atoms with Gasteiger partial charge in [-0.3, -0.25) is 4.72 Å². The van der Waals surface area contributed by atoms with Crippen LogP contribution in [0.1, 0.15) is 18.4 Å². The molecule has 0 atom stereocenters. The van der Waals surface area contributed by atoms with Crippen molar-refractivity contribution in [2.75, 3.05) is 29.8 Å². The lowest BCUT2D eigenvalue weighted by Crippen LogP contribution is -2.36. The second-order valence-electron chi connectivity index (χ2n) is 6.39. The molecule has 0 spiro atoms. The van der Waals surface area contributed by atoms with Gasteiger partial charge in [-0.1, -0.05) is 12.1 Å². The van der Waals surface area contributed by atoms with Gasteiger partial charge in [-0.15, -0.1) is 0 Å². The molecule has 0 saturated carbocycles. The van der Waals surface area contributed by atoms with E-state index in [9.17, 15) is 8.42 Å². The molecule has 1 aliphatic rings. The Bertz CT molecular complexity index is 811. The Kier molecular flexibility index (Phi) is 5.30. The van der Waals surface area contributed by atoms with Crippen molar-refractivity contribution in [2.24, 2.45) is 0 Å². The van der Waals surface area contributed by atoms with Gasteiger partial charge in [0.15, 0.2) is 0 Å². The third-order valence-corrected chi connectivity index (χ3v) is 5.94. The smallest absolute Gasteiger partial charge is 0.261 e. The molecule has 5 nitrogen and oxygen atoms in total. The highest BCUT2D eigenvalue weighted by atomic mass is 32.2. The molecule has 3 rings (SSSR count). The Morgan fingerprint density at radius 3 is 2.36 bits per heavy atom. The first-order valence-corrected chi connectivity index (χ1v) is 9.93. The Hall–Kier alpha value is -2.05. The maximum Gasteiger partial charge on any atom is 0.261 e. The van der Waals surface area contributed by atoms with Gasteiger partial charge in [0.1, 0.15) is 0 Å². The number of sulfonamides is 1. The van der Waals surface area contributed by atoms with Crippen LogP contribution in [0.25, 0.3) is 0 Å². The molecule has 2 aromatic carbocycles. The number of anilines is 2. The van der Waals surface area contributed by atoms with Crippen molar-refractivity contribution in [3.8, 4) is 0 Å². The molecule has 0 radical (unpaired) electrons. The Morgan fingerprint density at radius 1 is 1.08 bits per heavy atom. The summed E-state index contributed by atoms with van der Waals surface area (Å²) in [7, 11) is -1.80. The topological polar surface area (TPSA) is 58.6 Å². The maximum absolute atomic E-state index is 12.5. The minimum Gasteiger partial charge on any atom is -0.381 e. The standard InChI is InChI=1S/C19H24N2O3S/c1-15-4-3-5-19(14-15)25(22,23)20-16-6-8-17(9-7-16)21-12-10-18(24-2)11-13-21/h3-9,14,18,20H,10-13H2,1-2H3. The zero-order chi connectivity index (χ0) is 17.9. The van der Waals surface area contributed by atoms with Gasteiger partial charge >= 0.3 is 0 Å². The summed E-state index contributed by atoms with van der Waals surface area (Å²) in [5.74, 6) is 0. The number of ether oxygens (including phenoxy) is 1. The quantitative estimate of drug-likeness (QED) is 0.888. The van der Waals surface area contributed by atoms with Gasteiger partial charge in [-0.05, 0) is 61.7 Å². The summed E-state index contributed by atoms with van der Waals surface area (Å²) in [5, 5.41) is 0. The first-order valence-electron chi connectivity index (χ1n) is 8.45. The number of nitrogens with one attached hydrogen (secondary N) is 1. The number of piperidine rings is 1. The molecule has 0 unspecified atom stereocenters. The molecule has 1 heterocycles. The lowest BCUT2D eigenvalue weighted by Gasteiger charge is -2.33. The summed E-state index contributed by atoms with van der Waals surface area (Å²) in [6, 6.07) is 14.4. The zero-order valence-electron chi connectivity index (χ0n) is 14.6. The predicted molar refractivity (Wildman–Crippen MR) is 101 cm³/mol. The molecule has 2 aromatic rings. The Morgan fingerprint density at radius 2 is 1.76 bits per heavy atom. The molecule has 134 valence electrons. The third-order valence-electron chi connectivity index (χ3n) is 4.56. The van der Waals surface area contributed by atoms with Crippen molar-refractivity contribution in [3.05, 3.63) is 54.1 Å². The molecule has 0 aliphatic carbocycles. The minimum atomic E-state index is -3.56. The molecule has 1 aliphatic heterocycles. The molecule has 0 bridgehead atoms. The fraction of sp³-hybridized carbons (Fsp3) is 0.368. The molecule has 6 heteroatoms. The summed E-state index contributed by atoms with van der Waals surface area (Å²) in [6.45, 7) is 3.78. The monoisotopic (exact) mass is 360 g/mol. The lowest BCUT2D eigenvalue weighted by atomic mass is 10.1. The van der Waals surface area contributed by atoms with Crippen molar-refractivity contribution < 1.29 is 13.2 Å². The Balaban J connectivity index is 1.68. The molecular formula is C19H24N2O3S. The van der Waals surface area contributed by atoms with Crippen LogP contribution in [0.2, 0.25) is 0 Å². The Labute approximate surface area is 149 Å². The van der Waals surface area contributed by atoms with E-state index in [0.717, 1.165) is 37.2 Å². The summed E-state index contributed by atoms with van der Waals surface area (Å²) in [6.07, 6.45) is 2.37. The lowest BCUT2D eigenvalue weighted by molar-refractivity contribution is 0.0819. The predicted octanol–water partition coefficient (Wildman–Crippen LogP) is 3.41. The SMILES string of the molecule is COC1CCN(c2ccc(NS(=O)(=O)c3cccc(C)c3)cc2)CC1. The number of hydrogen-bond acceptors (Lipinski definition) is 4. The summed E-state index contributed by atoms with van der Waals surface area (Å²) < 4.78 is 33.0. The van der Waals surface area contributed by atoms with E-state index in [4.69, 9.17) is 4.74 Å². The summed E-state index contributed by atoms with van der Waals surface area (Å²) >= 11 is 0. The molecule has 1 saturated heterocycles. The van der Waals surface area contributed by atoms with E-state index in [1.54, 1.807) is 25.3 Å². The molecule has 1 fully saturated rings. The summed E-state index contributed by atoms with van der Waals surface area (Å²) in [4.78, 5) is 2.58. The fourth-order valence-electron chi connectivity index (χ4n) is 3.09. The van der Waals surface area contributed by atoms with Crippen LogP contribution in [0, 0.1) is 6.92 Å². The highest BCUT2D eigenvalue weighted by Gasteiger charge is 2.19. The molecule has 1 N–H and O–H groups in total. The van der Waals surface area contributed by atoms with Gasteiger partial charge in [0, 0.05) is 31.6 Å². The molecule has 25 heavy (non-hydrogen) atoms. The van der Waals surface area contributed by atoms with Crippen LogP contribution in [-0.2, 0) is 14.8 Å². The average Bonchev–Trinajstić information content (AvgIpc) is 2.62. The van der Waals surface area contributed by atoms with Crippen LogP contribution in [0.4, 0.5) is 11.4 Å². The second-order valence-corrected chi connectivity index (χ2v) is 8.07. The first-order chi connectivity index (χ1) is 12.0. The van der Waals surface area contributed by atoms with E-state index in [1.165, 1.54) is 0 Å². The van der Waals surface area contributed by atoms with Gasteiger partial charge in [-0.2, -0.15) is 0 Å². The normalized spacial score (nSPS) is 16.0. The van der Waals surface area contributed by atoms with E-state index in [2.05, 4.69) is 9.62 Å². The molecule has 0 aromatic heterocycles. The number of methoxy groups -OCH3 is 1. The zero-order valence-corrected chi connectivity index (χ0v) is 15.4. The van der Waals surface area contributed by atoms with Gasteiger partial charge in [0.2, 0.25) is 0 Å². The van der Waals surface area contributed by atoms with E-state index in [1.807, 2.05) is 37.3 Å². The average molecular weight is 360 g/mol. The highest BCUT2D eigenvalue weighted by molar-refractivity contribution is 7.92. The first kappa shape index (κ1) is 17.8. The van der Waals surface area contributed by atoms with E-state index < -0.39 is 10.0 Å². The van der Waals surface area contributed by atoms with Crippen molar-refractivity contribution in [1.29, 1.82) is 0 Å². The number of hydrogen-bond donors (Lipinski definition) is 1. The number of aryl methyl sites for hydroxylation is 1. The van der Waals surface area contributed by atoms with E-state index >= 15 is 0 Å².